The molecule has 1 nitrogen and oxygen atoms in total. The molecule has 0 amide bonds. The van der Waals surface area contributed by atoms with Gasteiger partial charge < -0.3 is 5.11 Å². The normalized spacial score (nSPS) is 45.1. The third kappa shape index (κ3) is 3.58. The Labute approximate surface area is 180 Å². The minimum absolute atomic E-state index is 0.292. The van der Waals surface area contributed by atoms with Crippen LogP contribution in [-0.4, -0.2) is 11.7 Å². The van der Waals surface area contributed by atoms with Crippen LogP contribution in [0, 0.1) is 52.3 Å². The maximum absolute atomic E-state index is 9.45. The van der Waals surface area contributed by atoms with E-state index in [1.807, 2.05) is 5.57 Å². The predicted molar refractivity (Wildman–Crippen MR) is 124 cm³/mol. The first-order chi connectivity index (χ1) is 13.8. The summed E-state index contributed by atoms with van der Waals surface area (Å²) in [5, 5.41) is 9.45. The van der Waals surface area contributed by atoms with E-state index in [1.165, 1.54) is 57.8 Å². The second-order valence-electron chi connectivity index (χ2n) is 12.0. The lowest BCUT2D eigenvalue weighted by Crippen LogP contribution is -2.49. The first-order valence-corrected chi connectivity index (χ1v) is 12.8. The molecule has 164 valence electrons. The number of aliphatic hydroxyl groups is 1. The summed E-state index contributed by atoms with van der Waals surface area (Å²) in [7, 11) is 0. The van der Waals surface area contributed by atoms with Gasteiger partial charge >= 0.3 is 0 Å². The molecule has 4 rings (SSSR count). The minimum Gasteiger partial charge on any atom is -0.396 e. The summed E-state index contributed by atoms with van der Waals surface area (Å²) < 4.78 is 0. The maximum Gasteiger partial charge on any atom is 0.0462 e. The second kappa shape index (κ2) is 8.18. The molecule has 4 aliphatic carbocycles. The maximum atomic E-state index is 9.45. The molecule has 0 aromatic carbocycles. The Kier molecular flexibility index (Phi) is 6.11. The van der Waals surface area contributed by atoms with E-state index in [2.05, 4.69) is 52.8 Å². The van der Waals surface area contributed by atoms with Crippen LogP contribution < -0.4 is 0 Å². The van der Waals surface area contributed by atoms with E-state index in [0.717, 1.165) is 23.7 Å². The van der Waals surface area contributed by atoms with Crippen LogP contribution in [0.1, 0.15) is 92.4 Å². The summed E-state index contributed by atoms with van der Waals surface area (Å²) in [4.78, 5) is 0. The third-order valence-electron chi connectivity index (χ3n) is 10.6. The molecule has 0 saturated heterocycles. The summed E-state index contributed by atoms with van der Waals surface area (Å²) in [5.41, 5.74) is 2.90. The van der Waals surface area contributed by atoms with Crippen molar-refractivity contribution >= 4 is 0 Å². The van der Waals surface area contributed by atoms with E-state index in [9.17, 15) is 5.11 Å². The Morgan fingerprint density at radius 3 is 2.59 bits per heavy atom. The molecule has 4 aliphatic rings. The van der Waals surface area contributed by atoms with Gasteiger partial charge in [-0.05, 0) is 104 Å². The summed E-state index contributed by atoms with van der Waals surface area (Å²) in [6, 6.07) is 0. The van der Waals surface area contributed by atoms with Gasteiger partial charge in [-0.25, -0.2) is 0 Å². The van der Waals surface area contributed by atoms with Crippen molar-refractivity contribution in [3.8, 4) is 0 Å². The highest BCUT2D eigenvalue weighted by Crippen LogP contribution is 2.67. The Hall–Kier alpha value is -0.560. The molecule has 3 fully saturated rings. The van der Waals surface area contributed by atoms with Crippen LogP contribution in [0.3, 0.4) is 0 Å². The zero-order chi connectivity index (χ0) is 20.8. The number of hydrogen-bond acceptors (Lipinski definition) is 1. The van der Waals surface area contributed by atoms with Crippen LogP contribution in [0.2, 0.25) is 0 Å². The number of aliphatic hydroxyl groups excluding tert-OH is 1. The van der Waals surface area contributed by atoms with Crippen LogP contribution in [0.4, 0.5) is 0 Å². The SMILES string of the molecule is C[C@H](C=C[C@H](C)[C@@H](C)CO)[C@H]1CC[C@H]2[C@@H]3CC=C4CCCC[C@]4(C)[C@H]3CC[C@]12C. The van der Waals surface area contributed by atoms with E-state index in [1.54, 1.807) is 0 Å². The van der Waals surface area contributed by atoms with Gasteiger partial charge in [0, 0.05) is 6.61 Å². The highest BCUT2D eigenvalue weighted by atomic mass is 16.3. The van der Waals surface area contributed by atoms with Crippen LogP contribution in [0.15, 0.2) is 23.8 Å². The summed E-state index contributed by atoms with van der Waals surface area (Å²) >= 11 is 0. The number of allylic oxidation sites excluding steroid dienone is 4. The van der Waals surface area contributed by atoms with Crippen molar-refractivity contribution in [2.45, 2.75) is 92.4 Å². The fourth-order valence-corrected chi connectivity index (χ4v) is 8.44. The van der Waals surface area contributed by atoms with Crippen LogP contribution in [-0.2, 0) is 0 Å². The molecule has 0 heterocycles. The lowest BCUT2D eigenvalue weighted by molar-refractivity contribution is -0.0462. The molecule has 3 saturated carbocycles. The average molecular weight is 399 g/mol. The second-order valence-corrected chi connectivity index (χ2v) is 12.0. The molecular weight excluding hydrogens is 352 g/mol. The van der Waals surface area contributed by atoms with Crippen molar-refractivity contribution in [1.29, 1.82) is 0 Å². The van der Waals surface area contributed by atoms with Gasteiger partial charge in [-0.1, -0.05) is 64.8 Å². The topological polar surface area (TPSA) is 20.2 Å². The lowest BCUT2D eigenvalue weighted by Gasteiger charge is -2.58. The molecule has 29 heavy (non-hydrogen) atoms. The third-order valence-corrected chi connectivity index (χ3v) is 10.6. The molecule has 0 aromatic rings. The summed E-state index contributed by atoms with van der Waals surface area (Å²) in [5.74, 6) is 5.16. The van der Waals surface area contributed by atoms with Crippen LogP contribution in [0.25, 0.3) is 0 Å². The van der Waals surface area contributed by atoms with E-state index in [-0.39, 0.29) is 0 Å². The smallest absolute Gasteiger partial charge is 0.0462 e. The molecule has 1 N–H and O–H groups in total. The molecule has 0 unspecified atom stereocenters. The van der Waals surface area contributed by atoms with Crippen molar-refractivity contribution in [1.82, 2.24) is 0 Å². The Balaban J connectivity index is 1.51. The first kappa shape index (κ1) is 21.7. The monoisotopic (exact) mass is 398 g/mol. The van der Waals surface area contributed by atoms with Crippen molar-refractivity contribution in [3.63, 3.8) is 0 Å². The van der Waals surface area contributed by atoms with Crippen molar-refractivity contribution in [2.75, 3.05) is 6.61 Å². The Morgan fingerprint density at radius 2 is 1.83 bits per heavy atom. The van der Waals surface area contributed by atoms with E-state index in [4.69, 9.17) is 0 Å². The molecule has 0 bridgehead atoms. The van der Waals surface area contributed by atoms with Gasteiger partial charge in [-0.2, -0.15) is 0 Å². The van der Waals surface area contributed by atoms with Crippen LogP contribution >= 0.6 is 0 Å². The summed E-state index contributed by atoms with van der Waals surface area (Å²) in [6.45, 7) is 12.5. The fraction of sp³-hybridized carbons (Fsp3) is 0.857. The van der Waals surface area contributed by atoms with Crippen molar-refractivity contribution < 1.29 is 5.11 Å². The average Bonchev–Trinajstić information content (AvgIpc) is 3.08. The molecule has 1 heteroatoms. The Morgan fingerprint density at radius 1 is 1.03 bits per heavy atom. The van der Waals surface area contributed by atoms with Gasteiger partial charge in [0.2, 0.25) is 0 Å². The molecule has 9 atom stereocenters. The van der Waals surface area contributed by atoms with Gasteiger partial charge in [-0.3, -0.25) is 0 Å². The van der Waals surface area contributed by atoms with Crippen molar-refractivity contribution in [2.24, 2.45) is 52.3 Å². The van der Waals surface area contributed by atoms with Crippen molar-refractivity contribution in [3.05, 3.63) is 23.8 Å². The highest BCUT2D eigenvalue weighted by molar-refractivity contribution is 5.24. The molecule has 0 radical (unpaired) electrons. The zero-order valence-corrected chi connectivity index (χ0v) is 19.8. The lowest BCUT2D eigenvalue weighted by atomic mass is 9.47. The standard InChI is InChI=1S/C28H46O/c1-19(21(3)18-29)9-10-20(2)24-13-14-25-23-12-11-22-8-6-7-16-27(22,4)26(23)15-17-28(24,25)5/h9-11,19-21,23-26,29H,6-8,12-18H2,1-5H3/t19-,20+,21-,23-,24+,25-,26-,27-,28+/m0/s1. The minimum atomic E-state index is 0.292. The number of fused-ring (bicyclic) bond motifs is 5. The van der Waals surface area contributed by atoms with Crippen LogP contribution in [0.5, 0.6) is 0 Å². The first-order valence-electron chi connectivity index (χ1n) is 12.8. The summed E-state index contributed by atoms with van der Waals surface area (Å²) in [6.07, 6.45) is 20.5. The quantitative estimate of drug-likeness (QED) is 0.478. The van der Waals surface area contributed by atoms with E-state index in [0.29, 0.717) is 35.2 Å². The molecular formula is C28H46O. The van der Waals surface area contributed by atoms with E-state index >= 15 is 0 Å². The largest absolute Gasteiger partial charge is 0.396 e. The van der Waals surface area contributed by atoms with E-state index < -0.39 is 0 Å². The molecule has 0 aliphatic heterocycles. The molecule has 0 aromatic heterocycles. The van der Waals surface area contributed by atoms with Gasteiger partial charge in [0.15, 0.2) is 0 Å². The zero-order valence-electron chi connectivity index (χ0n) is 19.8. The molecule has 0 spiro atoms. The highest BCUT2D eigenvalue weighted by Gasteiger charge is 2.58. The van der Waals surface area contributed by atoms with Gasteiger partial charge in [-0.15, -0.1) is 0 Å². The van der Waals surface area contributed by atoms with Gasteiger partial charge in [0.1, 0.15) is 0 Å². The van der Waals surface area contributed by atoms with Gasteiger partial charge in [0.05, 0.1) is 0 Å². The number of rotatable bonds is 5. The number of hydrogen-bond donors (Lipinski definition) is 1. The predicted octanol–water partition coefficient (Wildman–Crippen LogP) is 7.41. The Bertz CT molecular complexity index is 647. The fourth-order valence-electron chi connectivity index (χ4n) is 8.44. The van der Waals surface area contributed by atoms with Gasteiger partial charge in [0.25, 0.3) is 0 Å².